The van der Waals surface area contributed by atoms with Crippen LogP contribution < -0.4 is 44.9 Å². The second kappa shape index (κ2) is 9.17. The van der Waals surface area contributed by atoms with Crippen LogP contribution in [0.4, 0.5) is 17.1 Å². The summed E-state index contributed by atoms with van der Waals surface area (Å²) >= 11 is 0. The third kappa shape index (κ3) is 4.24. The molecule has 7 heteroatoms. The van der Waals surface area contributed by atoms with E-state index in [-0.39, 0.29) is 41.9 Å². The van der Waals surface area contributed by atoms with Gasteiger partial charge in [0.1, 0.15) is 0 Å². The molecule has 1 N–H and O–H groups in total. The number of nitrogens with zero attached hydrogens (tertiary/aromatic N) is 1. The summed E-state index contributed by atoms with van der Waals surface area (Å²) in [7, 11) is 0. The summed E-state index contributed by atoms with van der Waals surface area (Å²) in [6.07, 6.45) is 1.56. The van der Waals surface area contributed by atoms with Gasteiger partial charge in [-0.25, -0.2) is 0 Å². The smallest absolute Gasteiger partial charge is 0.549 e. The van der Waals surface area contributed by atoms with Crippen LogP contribution in [0.1, 0.15) is 36.5 Å². The van der Waals surface area contributed by atoms with E-state index in [0.29, 0.717) is 29.0 Å². The molecule has 134 valence electrons. The number of rotatable bonds is 5. The number of aliphatic carboxylic acids is 1. The van der Waals surface area contributed by atoms with Crippen molar-refractivity contribution in [3.8, 4) is 0 Å². The summed E-state index contributed by atoms with van der Waals surface area (Å²) in [5.41, 5.74) is 1.57. The maximum Gasteiger partial charge on any atom is 1.00 e. The number of amides is 2. The van der Waals surface area contributed by atoms with Gasteiger partial charge >= 0.3 is 29.6 Å². The Morgan fingerprint density at radius 2 is 1.70 bits per heavy atom. The number of para-hydroxylation sites is 3. The van der Waals surface area contributed by atoms with Crippen molar-refractivity contribution in [3.63, 3.8) is 0 Å². The number of carboxylic acids is 1. The number of carbonyl (C=O) groups excluding carboxylic acids is 3. The van der Waals surface area contributed by atoms with Crippen molar-refractivity contribution in [3.05, 3.63) is 54.1 Å². The Balaban J connectivity index is 0.00000261. The summed E-state index contributed by atoms with van der Waals surface area (Å²) in [6.45, 7) is 1.93. The van der Waals surface area contributed by atoms with E-state index in [0.717, 1.165) is 6.42 Å². The van der Waals surface area contributed by atoms with Crippen molar-refractivity contribution in [1.29, 1.82) is 0 Å². The molecule has 0 radical (unpaired) electrons. The van der Waals surface area contributed by atoms with Crippen LogP contribution >= 0.6 is 0 Å². The second-order valence-corrected chi connectivity index (χ2v) is 6.18. The number of unbranched alkanes of at least 4 members (excludes halogenated alkanes) is 1. The summed E-state index contributed by atoms with van der Waals surface area (Å²) in [4.78, 5) is 38.7. The second-order valence-electron chi connectivity index (χ2n) is 6.18. The van der Waals surface area contributed by atoms with Crippen molar-refractivity contribution in [2.45, 2.75) is 26.2 Å². The molecule has 27 heavy (non-hydrogen) atoms. The number of hydrogen-bond acceptors (Lipinski definition) is 4. The third-order valence-corrected chi connectivity index (χ3v) is 4.43. The SMILES string of the molecule is CCCCC(C(=O)[O-])C(=O)N1c2ccccc2NC(=O)c2ccccc21.[Na+]. The van der Waals surface area contributed by atoms with Crippen LogP contribution in [0.5, 0.6) is 0 Å². The van der Waals surface area contributed by atoms with Gasteiger partial charge in [-0.15, -0.1) is 0 Å². The molecule has 0 bridgehead atoms. The normalized spacial score (nSPS) is 13.4. The molecule has 0 saturated heterocycles. The van der Waals surface area contributed by atoms with Crippen molar-refractivity contribution in [2.75, 3.05) is 10.2 Å². The predicted octanol–water partition coefficient (Wildman–Crippen LogP) is -0.523. The zero-order chi connectivity index (χ0) is 18.7. The van der Waals surface area contributed by atoms with Crippen LogP contribution in [0, 0.1) is 5.92 Å². The van der Waals surface area contributed by atoms with Crippen molar-refractivity contribution >= 4 is 34.8 Å². The molecule has 1 aliphatic rings. The molecule has 2 aromatic carbocycles. The van der Waals surface area contributed by atoms with Gasteiger partial charge in [-0.1, -0.05) is 44.0 Å². The van der Waals surface area contributed by atoms with Crippen LogP contribution in [0.15, 0.2) is 48.5 Å². The first kappa shape index (κ1) is 21.2. The first-order valence-electron chi connectivity index (χ1n) is 8.58. The van der Waals surface area contributed by atoms with Gasteiger partial charge in [0.15, 0.2) is 0 Å². The van der Waals surface area contributed by atoms with E-state index < -0.39 is 17.8 Å². The van der Waals surface area contributed by atoms with Crippen molar-refractivity contribution in [2.24, 2.45) is 5.92 Å². The standard InChI is InChI=1S/C20H20N2O4.Na/c1-2-3-8-14(20(25)26)19(24)22-16-11-6-4-9-13(16)18(23)21-15-10-5-7-12-17(15)22;/h4-7,9-12,14H,2-3,8H2,1H3,(H,21,23)(H,25,26);/q;+1/p-1. The van der Waals surface area contributed by atoms with Gasteiger partial charge in [0, 0.05) is 0 Å². The zero-order valence-electron chi connectivity index (χ0n) is 15.4. The molecule has 3 rings (SSSR count). The predicted molar refractivity (Wildman–Crippen MR) is 96.0 cm³/mol. The number of nitrogens with one attached hydrogen (secondary N) is 1. The molecule has 2 amide bonds. The molecule has 1 unspecified atom stereocenters. The van der Waals surface area contributed by atoms with E-state index in [4.69, 9.17) is 0 Å². The van der Waals surface area contributed by atoms with Gasteiger partial charge in [-0.05, 0) is 30.7 Å². The van der Waals surface area contributed by atoms with Gasteiger partial charge in [-0.2, -0.15) is 0 Å². The van der Waals surface area contributed by atoms with Gasteiger partial charge in [-0.3, -0.25) is 14.5 Å². The van der Waals surface area contributed by atoms with E-state index in [1.807, 2.05) is 6.92 Å². The molecule has 0 fully saturated rings. The van der Waals surface area contributed by atoms with Gasteiger partial charge in [0.2, 0.25) is 5.91 Å². The maximum atomic E-state index is 13.2. The van der Waals surface area contributed by atoms with E-state index >= 15 is 0 Å². The van der Waals surface area contributed by atoms with E-state index in [9.17, 15) is 19.5 Å². The molecular weight excluding hydrogens is 355 g/mol. The number of carboxylic acid groups (broad SMARTS) is 1. The largest absolute Gasteiger partial charge is 1.00 e. The fourth-order valence-electron chi connectivity index (χ4n) is 3.10. The molecule has 0 aromatic heterocycles. The molecule has 0 saturated carbocycles. The molecule has 6 nitrogen and oxygen atoms in total. The summed E-state index contributed by atoms with van der Waals surface area (Å²) in [5, 5.41) is 14.4. The molecular formula is C20H19N2NaO4. The number of fused-ring (bicyclic) bond motifs is 2. The number of carbonyl (C=O) groups is 3. The first-order chi connectivity index (χ1) is 12.5. The van der Waals surface area contributed by atoms with Crippen LogP contribution in [-0.4, -0.2) is 17.8 Å². The van der Waals surface area contributed by atoms with Crippen molar-refractivity contribution < 1.29 is 49.0 Å². The Kier molecular flexibility index (Phi) is 7.18. The summed E-state index contributed by atoms with van der Waals surface area (Å²) in [6, 6.07) is 13.5. The molecule has 0 aliphatic carbocycles. The molecule has 1 aliphatic heterocycles. The Morgan fingerprint density at radius 3 is 2.37 bits per heavy atom. The molecule has 1 atom stereocenters. The Morgan fingerprint density at radius 1 is 1.07 bits per heavy atom. The molecule has 0 spiro atoms. The van der Waals surface area contributed by atoms with Crippen LogP contribution in [0.3, 0.4) is 0 Å². The third-order valence-electron chi connectivity index (χ3n) is 4.43. The van der Waals surface area contributed by atoms with E-state index in [1.54, 1.807) is 48.5 Å². The minimum atomic E-state index is -1.40. The summed E-state index contributed by atoms with van der Waals surface area (Å²) < 4.78 is 0. The molecule has 1 heterocycles. The summed E-state index contributed by atoms with van der Waals surface area (Å²) in [5.74, 6) is -3.62. The maximum absolute atomic E-state index is 13.2. The van der Waals surface area contributed by atoms with E-state index in [2.05, 4.69) is 5.32 Å². The topological polar surface area (TPSA) is 89.5 Å². The fraction of sp³-hybridized carbons (Fsp3) is 0.250. The number of benzene rings is 2. The number of anilines is 3. The fourth-order valence-corrected chi connectivity index (χ4v) is 3.10. The van der Waals surface area contributed by atoms with E-state index in [1.165, 1.54) is 4.90 Å². The Bertz CT molecular complexity index is 869. The monoisotopic (exact) mass is 374 g/mol. The Hall–Kier alpha value is -2.15. The van der Waals surface area contributed by atoms with Crippen molar-refractivity contribution in [1.82, 2.24) is 0 Å². The van der Waals surface area contributed by atoms with Crippen LogP contribution in [0.25, 0.3) is 0 Å². The minimum Gasteiger partial charge on any atom is -0.549 e. The van der Waals surface area contributed by atoms with Gasteiger partial charge < -0.3 is 15.2 Å². The minimum absolute atomic E-state index is 0. The zero-order valence-corrected chi connectivity index (χ0v) is 17.4. The van der Waals surface area contributed by atoms with Crippen LogP contribution in [-0.2, 0) is 9.59 Å². The Labute approximate surface area is 179 Å². The first-order valence-corrected chi connectivity index (χ1v) is 8.58. The number of hydrogen-bond donors (Lipinski definition) is 1. The average Bonchev–Trinajstić information content (AvgIpc) is 2.75. The van der Waals surface area contributed by atoms with Gasteiger partial charge in [0.05, 0.1) is 34.5 Å². The molecule has 2 aromatic rings. The van der Waals surface area contributed by atoms with Crippen LogP contribution in [0.2, 0.25) is 0 Å². The van der Waals surface area contributed by atoms with Gasteiger partial charge in [0.25, 0.3) is 5.91 Å². The quantitative estimate of drug-likeness (QED) is 0.563. The average molecular weight is 374 g/mol.